The molecule has 2 saturated heterocycles. The van der Waals surface area contributed by atoms with Gasteiger partial charge in [0.25, 0.3) is 11.8 Å². The highest BCUT2D eigenvalue weighted by Crippen LogP contribution is 2.33. The average Bonchev–Trinajstić information content (AvgIpc) is 3.09. The number of likely N-dealkylation sites (tertiary alicyclic amines) is 1. The van der Waals surface area contributed by atoms with Gasteiger partial charge in [-0.05, 0) is 24.6 Å². The summed E-state index contributed by atoms with van der Waals surface area (Å²) in [5.41, 5.74) is 1.09. The Bertz CT molecular complexity index is 732. The standard InChI is InChI=1S/C18H19N3O3/c1-19-13-6-9-20(10-7-13)17(22)12-4-5-14-15(11-12)24-16-3-2-8-21(16)18(14)23/h4-5,11,13,16H,2-3,6-10H2. The molecule has 6 heteroatoms. The maximum atomic E-state index is 12.7. The van der Waals surface area contributed by atoms with E-state index < -0.39 is 0 Å². The normalized spacial score (nSPS) is 23.3. The second-order valence-corrected chi connectivity index (χ2v) is 6.58. The number of amides is 2. The van der Waals surface area contributed by atoms with Crippen LogP contribution in [0.15, 0.2) is 18.2 Å². The first-order valence-electron chi connectivity index (χ1n) is 8.45. The number of carbonyl (C=O) groups excluding carboxylic acids is 2. The van der Waals surface area contributed by atoms with Crippen molar-refractivity contribution in [2.24, 2.45) is 0 Å². The minimum absolute atomic E-state index is 0.00405. The third-order valence-corrected chi connectivity index (χ3v) is 5.11. The quantitative estimate of drug-likeness (QED) is 0.744. The second kappa shape index (κ2) is 5.82. The molecule has 2 amide bonds. The molecule has 1 unspecified atom stereocenters. The number of nitrogens with zero attached hydrogens (tertiary/aromatic N) is 3. The Hall–Kier alpha value is -2.55. The number of rotatable bonds is 1. The number of fused-ring (bicyclic) bond motifs is 2. The Morgan fingerprint density at radius 2 is 2.00 bits per heavy atom. The van der Waals surface area contributed by atoms with Crippen LogP contribution in [0.2, 0.25) is 0 Å². The first-order chi connectivity index (χ1) is 11.7. The van der Waals surface area contributed by atoms with Crippen molar-refractivity contribution in [3.8, 4) is 5.75 Å². The lowest BCUT2D eigenvalue weighted by molar-refractivity contribution is 0.0292. The van der Waals surface area contributed by atoms with Crippen LogP contribution in [-0.2, 0) is 0 Å². The summed E-state index contributed by atoms with van der Waals surface area (Å²) in [5, 5.41) is 0. The van der Waals surface area contributed by atoms with E-state index in [4.69, 9.17) is 11.3 Å². The van der Waals surface area contributed by atoms with Crippen molar-refractivity contribution in [2.45, 2.75) is 38.0 Å². The van der Waals surface area contributed by atoms with E-state index in [1.54, 1.807) is 28.0 Å². The van der Waals surface area contributed by atoms with Crippen LogP contribution in [0.4, 0.5) is 0 Å². The monoisotopic (exact) mass is 325 g/mol. The summed E-state index contributed by atoms with van der Waals surface area (Å²) < 4.78 is 5.93. The van der Waals surface area contributed by atoms with Crippen molar-refractivity contribution in [1.82, 2.24) is 9.80 Å². The van der Waals surface area contributed by atoms with E-state index in [2.05, 4.69) is 4.85 Å². The molecule has 4 rings (SSSR count). The van der Waals surface area contributed by atoms with Gasteiger partial charge in [-0.1, -0.05) is 0 Å². The highest BCUT2D eigenvalue weighted by Gasteiger charge is 2.37. The molecule has 0 saturated carbocycles. The third kappa shape index (κ3) is 2.41. The van der Waals surface area contributed by atoms with Crippen LogP contribution in [-0.4, -0.2) is 53.5 Å². The molecule has 1 aromatic rings. The number of hydrogen-bond acceptors (Lipinski definition) is 3. The molecule has 1 aromatic carbocycles. The summed E-state index contributed by atoms with van der Waals surface area (Å²) in [6, 6.07) is 5.14. The molecule has 1 atom stereocenters. The summed E-state index contributed by atoms with van der Waals surface area (Å²) in [4.78, 5) is 32.3. The van der Waals surface area contributed by atoms with Crippen molar-refractivity contribution < 1.29 is 14.3 Å². The lowest BCUT2D eigenvalue weighted by Crippen LogP contribution is -2.43. The van der Waals surface area contributed by atoms with Gasteiger partial charge in [-0.2, -0.15) is 0 Å². The van der Waals surface area contributed by atoms with Gasteiger partial charge in [0.2, 0.25) is 6.04 Å². The Labute approximate surface area is 140 Å². The number of ether oxygens (including phenoxy) is 1. The van der Waals surface area contributed by atoms with Gasteiger partial charge in [0, 0.05) is 44.5 Å². The van der Waals surface area contributed by atoms with E-state index in [9.17, 15) is 9.59 Å². The molecule has 0 aliphatic carbocycles. The van der Waals surface area contributed by atoms with E-state index in [0.717, 1.165) is 32.2 Å². The highest BCUT2D eigenvalue weighted by molar-refractivity contribution is 6.01. The second-order valence-electron chi connectivity index (χ2n) is 6.58. The van der Waals surface area contributed by atoms with Crippen LogP contribution in [0.3, 0.4) is 0 Å². The fourth-order valence-electron chi connectivity index (χ4n) is 3.70. The fraction of sp³-hybridized carbons (Fsp3) is 0.500. The first kappa shape index (κ1) is 15.0. The number of carbonyl (C=O) groups is 2. The molecule has 0 bridgehead atoms. The molecule has 6 nitrogen and oxygen atoms in total. The molecule has 3 heterocycles. The third-order valence-electron chi connectivity index (χ3n) is 5.11. The predicted molar refractivity (Wildman–Crippen MR) is 86.7 cm³/mol. The van der Waals surface area contributed by atoms with Gasteiger partial charge < -0.3 is 19.4 Å². The Morgan fingerprint density at radius 1 is 1.21 bits per heavy atom. The molecule has 2 fully saturated rings. The zero-order valence-electron chi connectivity index (χ0n) is 13.4. The zero-order chi connectivity index (χ0) is 16.7. The topological polar surface area (TPSA) is 54.2 Å². The Kier molecular flexibility index (Phi) is 3.64. The predicted octanol–water partition coefficient (Wildman–Crippen LogP) is 2.16. The first-order valence-corrected chi connectivity index (χ1v) is 8.45. The minimum Gasteiger partial charge on any atom is -0.470 e. The van der Waals surface area contributed by atoms with Crippen LogP contribution in [0, 0.1) is 6.57 Å². The van der Waals surface area contributed by atoms with E-state index in [1.807, 2.05) is 0 Å². The average molecular weight is 325 g/mol. The summed E-state index contributed by atoms with van der Waals surface area (Å²) in [6.45, 7) is 9.04. The molecule has 0 N–H and O–H groups in total. The molecule has 3 aliphatic rings. The van der Waals surface area contributed by atoms with Crippen LogP contribution >= 0.6 is 0 Å². The van der Waals surface area contributed by atoms with E-state index in [-0.39, 0.29) is 24.1 Å². The lowest BCUT2D eigenvalue weighted by Gasteiger charge is -2.32. The SMILES string of the molecule is [C-]#[N+]C1CCN(C(=O)c2ccc3c(c2)OC2CCCN2C3=O)CC1. The van der Waals surface area contributed by atoms with Crippen molar-refractivity contribution in [1.29, 1.82) is 0 Å². The Balaban J connectivity index is 1.55. The van der Waals surface area contributed by atoms with Crippen molar-refractivity contribution in [2.75, 3.05) is 19.6 Å². The molecule has 124 valence electrons. The smallest absolute Gasteiger partial charge is 0.260 e. The van der Waals surface area contributed by atoms with Crippen molar-refractivity contribution >= 4 is 11.8 Å². The van der Waals surface area contributed by atoms with Crippen LogP contribution in [0.1, 0.15) is 46.4 Å². The molecular weight excluding hydrogens is 306 g/mol. The maximum Gasteiger partial charge on any atom is 0.260 e. The van der Waals surface area contributed by atoms with E-state index >= 15 is 0 Å². The zero-order valence-corrected chi connectivity index (χ0v) is 13.4. The van der Waals surface area contributed by atoms with Crippen molar-refractivity contribution in [3.63, 3.8) is 0 Å². The van der Waals surface area contributed by atoms with Gasteiger partial charge in [-0.3, -0.25) is 9.59 Å². The number of piperidine rings is 1. The van der Waals surface area contributed by atoms with Crippen LogP contribution < -0.4 is 4.74 Å². The Morgan fingerprint density at radius 3 is 2.75 bits per heavy atom. The summed E-state index contributed by atoms with van der Waals surface area (Å²) in [5.74, 6) is 0.465. The molecule has 0 radical (unpaired) electrons. The fourth-order valence-corrected chi connectivity index (χ4v) is 3.70. The summed E-state index contributed by atoms with van der Waals surface area (Å²) in [6.07, 6.45) is 3.06. The maximum absolute atomic E-state index is 12.7. The molecule has 3 aliphatic heterocycles. The van der Waals surface area contributed by atoms with Gasteiger partial charge >= 0.3 is 0 Å². The van der Waals surface area contributed by atoms with E-state index in [1.165, 1.54) is 0 Å². The number of benzene rings is 1. The van der Waals surface area contributed by atoms with E-state index in [0.29, 0.717) is 30.0 Å². The lowest BCUT2D eigenvalue weighted by atomic mass is 10.0. The van der Waals surface area contributed by atoms with Crippen molar-refractivity contribution in [3.05, 3.63) is 40.7 Å². The van der Waals surface area contributed by atoms with Crippen LogP contribution in [0.25, 0.3) is 4.85 Å². The summed E-state index contributed by atoms with van der Waals surface area (Å²) in [7, 11) is 0. The van der Waals surface area contributed by atoms with Gasteiger partial charge in [0.1, 0.15) is 5.75 Å². The molecule has 0 spiro atoms. The summed E-state index contributed by atoms with van der Waals surface area (Å²) >= 11 is 0. The minimum atomic E-state index is -0.190. The van der Waals surface area contributed by atoms with Crippen LogP contribution in [0.5, 0.6) is 5.75 Å². The van der Waals surface area contributed by atoms with Gasteiger partial charge in [-0.25, -0.2) is 6.57 Å². The van der Waals surface area contributed by atoms with Gasteiger partial charge in [-0.15, -0.1) is 0 Å². The molecule has 24 heavy (non-hydrogen) atoms. The largest absolute Gasteiger partial charge is 0.470 e. The molecular formula is C18H19N3O3. The molecule has 0 aromatic heterocycles. The number of hydrogen-bond donors (Lipinski definition) is 0. The highest BCUT2D eigenvalue weighted by atomic mass is 16.5. The van der Waals surface area contributed by atoms with Gasteiger partial charge in [0.15, 0.2) is 6.23 Å². The van der Waals surface area contributed by atoms with Gasteiger partial charge in [0.05, 0.1) is 5.56 Å².